The van der Waals surface area contributed by atoms with Gasteiger partial charge in [0, 0.05) is 0 Å². The van der Waals surface area contributed by atoms with E-state index in [1.54, 1.807) is 12.1 Å². The van der Waals surface area contributed by atoms with E-state index in [2.05, 4.69) is 15.5 Å². The Kier molecular flexibility index (Phi) is 7.37. The molecule has 0 aliphatic carbocycles. The molecule has 0 radical (unpaired) electrons. The van der Waals surface area contributed by atoms with Crippen LogP contribution in [0.1, 0.15) is 12.5 Å². The molecular weight excluding hydrogens is 405 g/mol. The molecule has 1 unspecified atom stereocenters. The quantitative estimate of drug-likeness (QED) is 0.501. The zero-order valence-electron chi connectivity index (χ0n) is 15.7. The van der Waals surface area contributed by atoms with Gasteiger partial charge in [-0.2, -0.15) is 10.2 Å². The lowest BCUT2D eigenvalue weighted by molar-refractivity contribution is -0.126. The van der Waals surface area contributed by atoms with Gasteiger partial charge in [0.2, 0.25) is 6.04 Å². The van der Waals surface area contributed by atoms with E-state index in [9.17, 15) is 9.59 Å². The van der Waals surface area contributed by atoms with E-state index >= 15 is 0 Å². The van der Waals surface area contributed by atoms with Gasteiger partial charge >= 0.3 is 0 Å². The van der Waals surface area contributed by atoms with Crippen molar-refractivity contribution in [3.05, 3.63) is 45.9 Å². The normalized spacial score (nSPS) is 11.9. The predicted molar refractivity (Wildman–Crippen MR) is 108 cm³/mol. The van der Waals surface area contributed by atoms with E-state index in [1.807, 2.05) is 13.0 Å². The van der Waals surface area contributed by atoms with Gasteiger partial charge in [-0.25, -0.2) is 0 Å². The minimum Gasteiger partial charge on any atom is -0.491 e. The van der Waals surface area contributed by atoms with Gasteiger partial charge in [-0.1, -0.05) is 29.3 Å². The van der Waals surface area contributed by atoms with Gasteiger partial charge in [-0.3, -0.25) is 9.59 Å². The fourth-order valence-corrected chi connectivity index (χ4v) is 2.75. The predicted octanol–water partition coefficient (Wildman–Crippen LogP) is 5.00. The van der Waals surface area contributed by atoms with E-state index in [0.717, 1.165) is 5.56 Å². The number of amides is 1. The van der Waals surface area contributed by atoms with Gasteiger partial charge in [-0.15, -0.1) is 0 Å². The molecule has 148 valence electrons. The molecule has 2 aromatic rings. The van der Waals surface area contributed by atoms with Gasteiger partial charge in [0.15, 0.2) is 17.3 Å². The maximum Gasteiger partial charge on any atom is 0.258 e. The summed E-state index contributed by atoms with van der Waals surface area (Å²) in [7, 11) is 2.83. The van der Waals surface area contributed by atoms with Crippen LogP contribution in [0, 0.1) is 6.92 Å². The first-order valence-electron chi connectivity index (χ1n) is 8.17. The van der Waals surface area contributed by atoms with Gasteiger partial charge in [0.1, 0.15) is 5.69 Å². The highest BCUT2D eigenvalue weighted by atomic mass is 35.5. The Balaban J connectivity index is 2.31. The maximum atomic E-state index is 12.6. The number of carbonyl (C=O) groups excluding carboxylic acids is 2. The van der Waals surface area contributed by atoms with Crippen molar-refractivity contribution in [3.8, 4) is 11.5 Å². The molecule has 0 saturated carbocycles. The summed E-state index contributed by atoms with van der Waals surface area (Å²) in [6.45, 7) is 3.12. The molecule has 1 atom stereocenters. The Labute approximate surface area is 172 Å². The lowest BCUT2D eigenvalue weighted by atomic mass is 10.2. The number of ether oxygens (including phenoxy) is 2. The number of Topliss-reactive ketones (excluding diaryl/α,β-unsaturated/α-hetero) is 1. The fraction of sp³-hybridized carbons (Fsp3) is 0.263. The number of halogens is 2. The van der Waals surface area contributed by atoms with Crippen molar-refractivity contribution in [2.75, 3.05) is 19.5 Å². The average Bonchev–Trinajstić information content (AvgIpc) is 2.65. The SMILES string of the molecule is COc1c(Cl)ccc(NC(=O)C(N=Nc2cc(C)ccc2Cl)C(C)=O)c1OC. The number of rotatable bonds is 7. The summed E-state index contributed by atoms with van der Waals surface area (Å²) in [5, 5.41) is 11.1. The highest BCUT2D eigenvalue weighted by Crippen LogP contribution is 2.40. The van der Waals surface area contributed by atoms with Crippen LogP contribution in [0.15, 0.2) is 40.6 Å². The first-order chi connectivity index (χ1) is 13.3. The number of anilines is 1. The second-order valence-corrected chi connectivity index (χ2v) is 6.65. The minimum atomic E-state index is -1.36. The molecule has 0 bridgehead atoms. The van der Waals surface area contributed by atoms with E-state index in [1.165, 1.54) is 33.3 Å². The molecule has 0 aliphatic heterocycles. The number of azo groups is 1. The summed E-state index contributed by atoms with van der Waals surface area (Å²) in [6.07, 6.45) is 0. The maximum absolute atomic E-state index is 12.6. The van der Waals surface area contributed by atoms with Crippen LogP contribution in [-0.4, -0.2) is 32.0 Å². The number of nitrogens with zero attached hydrogens (tertiary/aromatic N) is 2. The third-order valence-corrected chi connectivity index (χ3v) is 4.36. The number of carbonyl (C=O) groups is 2. The third-order valence-electron chi connectivity index (χ3n) is 3.75. The molecule has 0 spiro atoms. The number of nitrogens with one attached hydrogen (secondary N) is 1. The molecule has 2 aromatic carbocycles. The van der Waals surface area contributed by atoms with Crippen molar-refractivity contribution in [1.29, 1.82) is 0 Å². The van der Waals surface area contributed by atoms with Gasteiger partial charge in [-0.05, 0) is 43.7 Å². The summed E-state index contributed by atoms with van der Waals surface area (Å²) in [6, 6.07) is 6.90. The molecule has 2 rings (SSSR count). The summed E-state index contributed by atoms with van der Waals surface area (Å²) in [5.41, 5.74) is 1.57. The molecular formula is C19H19Cl2N3O4. The van der Waals surface area contributed by atoms with Crippen LogP contribution in [0.3, 0.4) is 0 Å². The van der Waals surface area contributed by atoms with Crippen LogP contribution < -0.4 is 14.8 Å². The van der Waals surface area contributed by atoms with Crippen molar-refractivity contribution in [2.45, 2.75) is 19.9 Å². The Morgan fingerprint density at radius 3 is 2.29 bits per heavy atom. The van der Waals surface area contributed by atoms with Crippen LogP contribution >= 0.6 is 23.2 Å². The molecule has 7 nitrogen and oxygen atoms in total. The van der Waals surface area contributed by atoms with Crippen LogP contribution in [-0.2, 0) is 9.59 Å². The molecule has 0 saturated heterocycles. The van der Waals surface area contributed by atoms with Gasteiger partial charge in [0.05, 0.1) is 30.0 Å². The molecule has 1 amide bonds. The van der Waals surface area contributed by atoms with E-state index in [4.69, 9.17) is 32.7 Å². The smallest absolute Gasteiger partial charge is 0.258 e. The summed E-state index contributed by atoms with van der Waals surface area (Å²) in [4.78, 5) is 24.6. The van der Waals surface area contributed by atoms with Crippen molar-refractivity contribution in [1.82, 2.24) is 0 Å². The van der Waals surface area contributed by atoms with Crippen molar-refractivity contribution < 1.29 is 19.1 Å². The second kappa shape index (κ2) is 9.52. The molecule has 1 N–H and O–H groups in total. The Morgan fingerprint density at radius 2 is 1.68 bits per heavy atom. The zero-order chi connectivity index (χ0) is 20.8. The largest absolute Gasteiger partial charge is 0.491 e. The molecule has 0 heterocycles. The lowest BCUT2D eigenvalue weighted by Gasteiger charge is -2.16. The summed E-state index contributed by atoms with van der Waals surface area (Å²) >= 11 is 12.1. The number of benzene rings is 2. The van der Waals surface area contributed by atoms with Gasteiger partial charge in [0.25, 0.3) is 5.91 Å². The number of aryl methyl sites for hydroxylation is 1. The number of hydrogen-bond donors (Lipinski definition) is 1. The number of methoxy groups -OCH3 is 2. The Bertz CT molecular complexity index is 932. The molecule has 9 heteroatoms. The van der Waals surface area contributed by atoms with Crippen molar-refractivity contribution >= 4 is 46.3 Å². The van der Waals surface area contributed by atoms with E-state index < -0.39 is 17.7 Å². The van der Waals surface area contributed by atoms with Crippen LogP contribution in [0.5, 0.6) is 11.5 Å². The Morgan fingerprint density at radius 1 is 1.04 bits per heavy atom. The zero-order valence-corrected chi connectivity index (χ0v) is 17.3. The molecule has 0 aromatic heterocycles. The standard InChI is InChI=1S/C19H19Cl2N3O4/c1-10-5-6-12(20)15(9-10)23-24-16(11(2)25)19(26)22-14-8-7-13(21)17(27-3)18(14)28-4/h5-9,16H,1-4H3,(H,22,26). The first kappa shape index (κ1) is 21.7. The number of ketones is 1. The van der Waals surface area contributed by atoms with Crippen LogP contribution in [0.25, 0.3) is 0 Å². The Hall–Kier alpha value is -2.64. The number of hydrogen-bond acceptors (Lipinski definition) is 6. The van der Waals surface area contributed by atoms with Crippen molar-refractivity contribution in [2.24, 2.45) is 10.2 Å². The fourth-order valence-electron chi connectivity index (χ4n) is 2.37. The monoisotopic (exact) mass is 423 g/mol. The summed E-state index contributed by atoms with van der Waals surface area (Å²) in [5.74, 6) is -0.675. The molecule has 0 aliphatic rings. The topological polar surface area (TPSA) is 89.4 Å². The highest BCUT2D eigenvalue weighted by molar-refractivity contribution is 6.33. The minimum absolute atomic E-state index is 0.226. The highest BCUT2D eigenvalue weighted by Gasteiger charge is 2.25. The van der Waals surface area contributed by atoms with Crippen LogP contribution in [0.4, 0.5) is 11.4 Å². The third kappa shape index (κ3) is 4.99. The van der Waals surface area contributed by atoms with E-state index in [-0.39, 0.29) is 17.2 Å². The lowest BCUT2D eigenvalue weighted by Crippen LogP contribution is -2.32. The second-order valence-electron chi connectivity index (χ2n) is 5.83. The van der Waals surface area contributed by atoms with Gasteiger partial charge < -0.3 is 14.8 Å². The molecule has 28 heavy (non-hydrogen) atoms. The summed E-state index contributed by atoms with van der Waals surface area (Å²) < 4.78 is 10.5. The van der Waals surface area contributed by atoms with Crippen LogP contribution in [0.2, 0.25) is 10.0 Å². The first-order valence-corrected chi connectivity index (χ1v) is 8.92. The average molecular weight is 424 g/mol. The van der Waals surface area contributed by atoms with E-state index in [0.29, 0.717) is 15.7 Å². The molecule has 0 fully saturated rings. The van der Waals surface area contributed by atoms with Crippen molar-refractivity contribution in [3.63, 3.8) is 0 Å².